The standard InChI is InChI=1S/C14H16BrN3O5/c1-23-12-5-4-9(18(21)22)7-11(12)17(13(19)8-15)14(20)10-3-2-6-16-10/h4-5,7,10,16H,2-3,6,8H2,1H3/t10-/m0/s1. The number of ether oxygens (including phenoxy) is 1. The number of nitro benzene ring substituents is 1. The first-order valence-electron chi connectivity index (χ1n) is 6.98. The van der Waals surface area contributed by atoms with Crippen LogP contribution in [0.4, 0.5) is 11.4 Å². The minimum Gasteiger partial charge on any atom is -0.495 e. The van der Waals surface area contributed by atoms with Gasteiger partial charge >= 0.3 is 0 Å². The van der Waals surface area contributed by atoms with Crippen molar-refractivity contribution < 1.29 is 19.2 Å². The van der Waals surface area contributed by atoms with Gasteiger partial charge in [0.2, 0.25) is 5.91 Å². The van der Waals surface area contributed by atoms with Gasteiger partial charge in [-0.3, -0.25) is 19.7 Å². The fourth-order valence-corrected chi connectivity index (χ4v) is 2.70. The maximum Gasteiger partial charge on any atom is 0.271 e. The monoisotopic (exact) mass is 385 g/mol. The molecule has 1 fully saturated rings. The molecule has 1 atom stereocenters. The number of carbonyl (C=O) groups excluding carboxylic acids is 2. The normalized spacial score (nSPS) is 16.9. The van der Waals surface area contributed by atoms with Gasteiger partial charge in [0.25, 0.3) is 11.6 Å². The summed E-state index contributed by atoms with van der Waals surface area (Å²) < 4.78 is 5.16. The van der Waals surface area contributed by atoms with Crippen LogP contribution in [0.15, 0.2) is 18.2 Å². The lowest BCUT2D eigenvalue weighted by Crippen LogP contribution is -2.47. The molecule has 1 aromatic carbocycles. The minimum absolute atomic E-state index is 0.0739. The van der Waals surface area contributed by atoms with Crippen molar-refractivity contribution in [2.24, 2.45) is 0 Å². The number of hydrogen-bond acceptors (Lipinski definition) is 6. The van der Waals surface area contributed by atoms with E-state index in [0.717, 1.165) is 11.3 Å². The maximum absolute atomic E-state index is 12.7. The Bertz CT molecular complexity index is 631. The van der Waals surface area contributed by atoms with Crippen LogP contribution < -0.4 is 15.0 Å². The third kappa shape index (κ3) is 3.67. The third-order valence-electron chi connectivity index (χ3n) is 3.56. The highest BCUT2D eigenvalue weighted by molar-refractivity contribution is 9.09. The molecule has 1 aromatic rings. The summed E-state index contributed by atoms with van der Waals surface area (Å²) in [6, 6.07) is 3.32. The Morgan fingerprint density at radius 2 is 2.26 bits per heavy atom. The van der Waals surface area contributed by atoms with E-state index in [0.29, 0.717) is 13.0 Å². The van der Waals surface area contributed by atoms with Crippen molar-refractivity contribution in [3.05, 3.63) is 28.3 Å². The number of nitro groups is 1. The van der Waals surface area contributed by atoms with E-state index in [1.807, 2.05) is 0 Å². The molecule has 0 saturated carbocycles. The molecular formula is C14H16BrN3O5. The lowest BCUT2D eigenvalue weighted by Gasteiger charge is -2.24. The number of benzene rings is 1. The predicted octanol–water partition coefficient (Wildman–Crippen LogP) is 1.61. The Morgan fingerprint density at radius 1 is 1.52 bits per heavy atom. The van der Waals surface area contributed by atoms with E-state index in [-0.39, 0.29) is 22.5 Å². The summed E-state index contributed by atoms with van der Waals surface area (Å²) in [6.07, 6.45) is 1.45. The van der Waals surface area contributed by atoms with Crippen molar-refractivity contribution in [3.63, 3.8) is 0 Å². The molecule has 1 aliphatic rings. The van der Waals surface area contributed by atoms with E-state index < -0.39 is 22.8 Å². The van der Waals surface area contributed by atoms with E-state index in [1.165, 1.54) is 25.3 Å². The molecule has 1 saturated heterocycles. The summed E-state index contributed by atoms with van der Waals surface area (Å²) in [5.41, 5.74) is -0.148. The van der Waals surface area contributed by atoms with E-state index in [4.69, 9.17) is 4.74 Å². The molecular weight excluding hydrogens is 370 g/mol. The minimum atomic E-state index is -0.585. The fraction of sp³-hybridized carbons (Fsp3) is 0.429. The first kappa shape index (κ1) is 17.4. The van der Waals surface area contributed by atoms with Gasteiger partial charge < -0.3 is 10.1 Å². The number of nitrogens with zero attached hydrogens (tertiary/aromatic N) is 2. The van der Waals surface area contributed by atoms with Crippen LogP contribution in [-0.4, -0.2) is 41.8 Å². The lowest BCUT2D eigenvalue weighted by atomic mass is 10.1. The first-order chi connectivity index (χ1) is 11.0. The van der Waals surface area contributed by atoms with Gasteiger partial charge in [-0.25, -0.2) is 4.90 Å². The Balaban J connectivity index is 2.49. The molecule has 0 aliphatic carbocycles. The number of nitrogens with one attached hydrogen (secondary N) is 1. The van der Waals surface area contributed by atoms with Gasteiger partial charge in [-0.1, -0.05) is 15.9 Å². The van der Waals surface area contributed by atoms with Crippen LogP contribution in [0.5, 0.6) is 5.75 Å². The van der Waals surface area contributed by atoms with E-state index in [2.05, 4.69) is 21.2 Å². The zero-order valence-electron chi connectivity index (χ0n) is 12.5. The SMILES string of the molecule is COc1ccc([N+](=O)[O-])cc1N(C(=O)CBr)C(=O)[C@@H]1CCCN1. The molecule has 1 aliphatic heterocycles. The highest BCUT2D eigenvalue weighted by Gasteiger charge is 2.33. The van der Waals surface area contributed by atoms with E-state index in [1.54, 1.807) is 0 Å². The average Bonchev–Trinajstić information content (AvgIpc) is 3.09. The number of anilines is 1. The second-order valence-corrected chi connectivity index (χ2v) is 5.52. The molecule has 0 unspecified atom stereocenters. The molecule has 23 heavy (non-hydrogen) atoms. The highest BCUT2D eigenvalue weighted by atomic mass is 79.9. The van der Waals surface area contributed by atoms with Crippen molar-refractivity contribution in [2.45, 2.75) is 18.9 Å². The summed E-state index contributed by atoms with van der Waals surface area (Å²) in [4.78, 5) is 36.3. The second-order valence-electron chi connectivity index (χ2n) is 4.96. The van der Waals surface area contributed by atoms with Gasteiger partial charge in [0.1, 0.15) is 11.4 Å². The van der Waals surface area contributed by atoms with E-state index >= 15 is 0 Å². The number of carbonyl (C=O) groups is 2. The summed E-state index contributed by atoms with van der Waals surface area (Å²) in [6.45, 7) is 0.693. The van der Waals surface area contributed by atoms with Crippen molar-refractivity contribution >= 4 is 39.1 Å². The number of imide groups is 1. The number of rotatable bonds is 5. The van der Waals surface area contributed by atoms with Gasteiger partial charge in [-0.15, -0.1) is 0 Å². The van der Waals surface area contributed by atoms with Crippen LogP contribution in [0.25, 0.3) is 0 Å². The largest absolute Gasteiger partial charge is 0.495 e. The number of hydrogen-bond donors (Lipinski definition) is 1. The molecule has 0 bridgehead atoms. The van der Waals surface area contributed by atoms with Crippen molar-refractivity contribution in [1.82, 2.24) is 5.32 Å². The number of alkyl halides is 1. The number of halogens is 1. The molecule has 1 heterocycles. The predicted molar refractivity (Wildman–Crippen MR) is 87.0 cm³/mol. The van der Waals surface area contributed by atoms with Crippen LogP contribution in [-0.2, 0) is 9.59 Å². The maximum atomic E-state index is 12.7. The highest BCUT2D eigenvalue weighted by Crippen LogP contribution is 2.33. The number of amides is 2. The zero-order valence-corrected chi connectivity index (χ0v) is 14.0. The molecule has 0 aromatic heterocycles. The number of methoxy groups -OCH3 is 1. The summed E-state index contributed by atoms with van der Waals surface area (Å²) in [5, 5.41) is 13.9. The van der Waals surface area contributed by atoms with Gasteiger partial charge in [0.05, 0.1) is 23.4 Å². The van der Waals surface area contributed by atoms with Crippen LogP contribution >= 0.6 is 15.9 Å². The van der Waals surface area contributed by atoms with Gasteiger partial charge in [0, 0.05) is 12.1 Å². The lowest BCUT2D eigenvalue weighted by molar-refractivity contribution is -0.384. The first-order valence-corrected chi connectivity index (χ1v) is 8.10. The Hall–Kier alpha value is -2.00. The Labute approximate surface area is 141 Å². The summed E-state index contributed by atoms with van der Waals surface area (Å²) in [5.74, 6) is -0.732. The molecule has 2 amide bonds. The van der Waals surface area contributed by atoms with Crippen molar-refractivity contribution in [3.8, 4) is 5.75 Å². The molecule has 2 rings (SSSR count). The van der Waals surface area contributed by atoms with Crippen LogP contribution in [0.3, 0.4) is 0 Å². The Kier molecular flexibility index (Phi) is 5.67. The fourth-order valence-electron chi connectivity index (χ4n) is 2.45. The smallest absolute Gasteiger partial charge is 0.271 e. The van der Waals surface area contributed by atoms with Crippen LogP contribution in [0, 0.1) is 10.1 Å². The van der Waals surface area contributed by atoms with Gasteiger partial charge in [0.15, 0.2) is 0 Å². The van der Waals surface area contributed by atoms with Crippen LogP contribution in [0.2, 0.25) is 0 Å². The summed E-state index contributed by atoms with van der Waals surface area (Å²) >= 11 is 3.05. The molecule has 0 spiro atoms. The zero-order chi connectivity index (χ0) is 17.0. The van der Waals surface area contributed by atoms with Gasteiger partial charge in [-0.2, -0.15) is 0 Å². The topological polar surface area (TPSA) is 102 Å². The second kappa shape index (κ2) is 7.51. The van der Waals surface area contributed by atoms with Gasteiger partial charge in [-0.05, 0) is 25.5 Å². The number of non-ortho nitro benzene ring substituents is 1. The molecule has 124 valence electrons. The third-order valence-corrected chi connectivity index (χ3v) is 4.04. The molecule has 1 N–H and O–H groups in total. The van der Waals surface area contributed by atoms with Crippen molar-refractivity contribution in [2.75, 3.05) is 23.9 Å². The summed E-state index contributed by atoms with van der Waals surface area (Å²) in [7, 11) is 1.37. The van der Waals surface area contributed by atoms with E-state index in [9.17, 15) is 19.7 Å². The van der Waals surface area contributed by atoms with Crippen molar-refractivity contribution in [1.29, 1.82) is 0 Å². The average molecular weight is 386 g/mol. The molecule has 0 radical (unpaired) electrons. The Morgan fingerprint density at radius 3 is 2.78 bits per heavy atom. The quantitative estimate of drug-likeness (QED) is 0.469. The van der Waals surface area contributed by atoms with Crippen LogP contribution in [0.1, 0.15) is 12.8 Å². The molecule has 8 nitrogen and oxygen atoms in total. The molecule has 9 heteroatoms.